The van der Waals surface area contributed by atoms with E-state index in [1.807, 2.05) is 0 Å². The number of nitrogens with zero attached hydrogens (tertiary/aromatic N) is 3. The Kier molecular flexibility index (Phi) is 10.6. The van der Waals surface area contributed by atoms with Gasteiger partial charge < -0.3 is 39.1 Å². The van der Waals surface area contributed by atoms with Crippen LogP contribution < -0.4 is 0 Å². The van der Waals surface area contributed by atoms with Gasteiger partial charge in [-0.05, 0) is 31.5 Å². The van der Waals surface area contributed by atoms with E-state index in [0.717, 1.165) is 9.80 Å². The maximum atomic E-state index is 11.6. The van der Waals surface area contributed by atoms with Gasteiger partial charge in [-0.3, -0.25) is 28.1 Å². The van der Waals surface area contributed by atoms with Crippen molar-refractivity contribution < 1.29 is 57.4 Å². The zero-order chi connectivity index (χ0) is 24.3. The van der Waals surface area contributed by atoms with Gasteiger partial charge in [-0.2, -0.15) is 0 Å². The standard InChI is InChI=1S/C11H25N3O12P4S/c15-27(16,17)5-13(6-28(18,19)20)10-2-1-9(12-4-31)3-11(10)14(7-29(21,22)23)8-30(24,25)26/h9-11H,1-3,5-8H2,(H2,15,16,17)(H2,18,19,20)(H2,21,22,23)(H2,24,25,26)/t9-,10+,11+/m1/s1. The van der Waals surface area contributed by atoms with Crippen LogP contribution in [0.1, 0.15) is 19.3 Å². The lowest BCUT2D eigenvalue weighted by atomic mass is 9.85. The summed E-state index contributed by atoms with van der Waals surface area (Å²) in [6, 6.07) is -2.87. The fraction of sp³-hybridized carbons (Fsp3) is 0.909. The Balaban J connectivity index is 3.46. The molecular weight excluding hydrogens is 522 g/mol. The van der Waals surface area contributed by atoms with E-state index in [-0.39, 0.29) is 19.3 Å². The Labute approximate surface area is 182 Å². The Bertz CT molecular complexity index is 812. The summed E-state index contributed by atoms with van der Waals surface area (Å²) in [7, 11) is -19.4. The summed E-state index contributed by atoms with van der Waals surface area (Å²) < 4.78 is 46.3. The first-order valence-electron chi connectivity index (χ1n) is 8.53. The topological polar surface area (TPSA) is 249 Å². The van der Waals surface area contributed by atoms with Gasteiger partial charge in [0.25, 0.3) is 0 Å². The van der Waals surface area contributed by atoms with Gasteiger partial charge >= 0.3 is 30.4 Å². The van der Waals surface area contributed by atoms with Gasteiger partial charge in [-0.25, -0.2) is 4.99 Å². The van der Waals surface area contributed by atoms with Crippen molar-refractivity contribution in [3.63, 3.8) is 0 Å². The third-order valence-corrected chi connectivity index (χ3v) is 7.42. The highest BCUT2D eigenvalue weighted by molar-refractivity contribution is 7.78. The lowest BCUT2D eigenvalue weighted by Crippen LogP contribution is -2.56. The fourth-order valence-corrected chi connectivity index (χ4v) is 7.17. The average molecular weight is 547 g/mol. The number of isothiocyanates is 1. The number of aliphatic imine (C=N–C) groups is 1. The summed E-state index contributed by atoms with van der Waals surface area (Å²) in [4.78, 5) is 80.4. The van der Waals surface area contributed by atoms with Crippen LogP contribution >= 0.6 is 42.6 Å². The molecule has 8 N–H and O–H groups in total. The first kappa shape index (κ1) is 29.4. The summed E-state index contributed by atoms with van der Waals surface area (Å²) in [5, 5.41) is 2.13. The molecule has 1 aliphatic rings. The van der Waals surface area contributed by atoms with Gasteiger partial charge in [0.2, 0.25) is 0 Å². The largest absolute Gasteiger partial charge is 0.339 e. The van der Waals surface area contributed by atoms with Crippen LogP contribution in [0.5, 0.6) is 0 Å². The van der Waals surface area contributed by atoms with Crippen molar-refractivity contribution >= 4 is 47.8 Å². The van der Waals surface area contributed by atoms with Crippen LogP contribution in [0.4, 0.5) is 0 Å². The Morgan fingerprint density at radius 3 is 1.39 bits per heavy atom. The van der Waals surface area contributed by atoms with Gasteiger partial charge in [-0.15, -0.1) is 0 Å². The van der Waals surface area contributed by atoms with E-state index in [0.29, 0.717) is 0 Å². The van der Waals surface area contributed by atoms with Crippen LogP contribution in [0.2, 0.25) is 0 Å². The van der Waals surface area contributed by atoms with Gasteiger partial charge in [0.15, 0.2) is 0 Å². The van der Waals surface area contributed by atoms with Crippen LogP contribution in [0.3, 0.4) is 0 Å². The summed E-state index contributed by atoms with van der Waals surface area (Å²) in [5.74, 6) is 0. The van der Waals surface area contributed by atoms with Crippen molar-refractivity contribution in [3.8, 4) is 0 Å². The zero-order valence-corrected chi connectivity index (χ0v) is 20.3. The first-order valence-corrected chi connectivity index (χ1v) is 16.1. The molecular formula is C11H25N3O12P4S. The molecule has 0 aliphatic heterocycles. The second-order valence-corrected chi connectivity index (χ2v) is 13.9. The van der Waals surface area contributed by atoms with E-state index in [2.05, 4.69) is 22.4 Å². The smallest absolute Gasteiger partial charge is 0.324 e. The molecule has 1 rings (SSSR count). The van der Waals surface area contributed by atoms with Crippen LogP contribution in [0.15, 0.2) is 4.99 Å². The third-order valence-electron chi connectivity index (χ3n) is 4.39. The second kappa shape index (κ2) is 11.2. The molecule has 0 aromatic heterocycles. The molecule has 1 aliphatic carbocycles. The maximum Gasteiger partial charge on any atom is 0.339 e. The van der Waals surface area contributed by atoms with E-state index in [9.17, 15) is 57.4 Å². The summed E-state index contributed by atoms with van der Waals surface area (Å²) in [6.07, 6.45) is -4.26. The molecule has 3 atom stereocenters. The van der Waals surface area contributed by atoms with Crippen LogP contribution in [0, 0.1) is 0 Å². The van der Waals surface area contributed by atoms with E-state index in [1.54, 1.807) is 0 Å². The zero-order valence-electron chi connectivity index (χ0n) is 15.9. The van der Waals surface area contributed by atoms with Gasteiger partial charge in [0.05, 0.1) is 11.2 Å². The lowest BCUT2D eigenvalue weighted by molar-refractivity contribution is 0.0685. The number of hydrogen-bond donors (Lipinski definition) is 8. The molecule has 0 aromatic rings. The number of thiocarbonyl (C=S) groups is 1. The Hall–Kier alpha value is 0.320. The highest BCUT2D eigenvalue weighted by Gasteiger charge is 2.43. The molecule has 1 saturated carbocycles. The summed E-state index contributed by atoms with van der Waals surface area (Å²) in [6.45, 7) is 0. The highest BCUT2D eigenvalue weighted by Crippen LogP contribution is 2.47. The quantitative estimate of drug-likeness (QED) is 0.0924. The van der Waals surface area contributed by atoms with E-state index < -0.39 is 73.7 Å². The molecule has 31 heavy (non-hydrogen) atoms. The molecule has 0 radical (unpaired) electrons. The average Bonchev–Trinajstić information content (AvgIpc) is 2.48. The number of hydrogen-bond acceptors (Lipinski definition) is 8. The molecule has 1 fully saturated rings. The molecule has 20 heteroatoms. The van der Waals surface area contributed by atoms with Crippen molar-refractivity contribution in [2.45, 2.75) is 37.4 Å². The Morgan fingerprint density at radius 2 is 1.06 bits per heavy atom. The lowest BCUT2D eigenvalue weighted by Gasteiger charge is -2.46. The third kappa shape index (κ3) is 12.4. The predicted molar refractivity (Wildman–Crippen MR) is 112 cm³/mol. The van der Waals surface area contributed by atoms with Crippen molar-refractivity contribution in [3.05, 3.63) is 0 Å². The van der Waals surface area contributed by atoms with Gasteiger partial charge in [0, 0.05) is 12.1 Å². The van der Waals surface area contributed by atoms with Crippen molar-refractivity contribution in [2.24, 2.45) is 4.99 Å². The minimum absolute atomic E-state index is 0.00529. The Morgan fingerprint density at radius 1 is 0.710 bits per heavy atom. The van der Waals surface area contributed by atoms with Crippen LogP contribution in [-0.2, 0) is 18.3 Å². The number of rotatable bonds is 11. The van der Waals surface area contributed by atoms with E-state index in [1.165, 1.54) is 0 Å². The molecule has 0 aromatic carbocycles. The molecule has 0 unspecified atom stereocenters. The fourth-order valence-electron chi connectivity index (χ4n) is 3.57. The maximum absolute atomic E-state index is 11.6. The van der Waals surface area contributed by atoms with E-state index >= 15 is 0 Å². The monoisotopic (exact) mass is 547 g/mol. The van der Waals surface area contributed by atoms with Gasteiger partial charge in [-0.1, -0.05) is 0 Å². The van der Waals surface area contributed by atoms with Crippen molar-refractivity contribution in [1.29, 1.82) is 0 Å². The molecule has 0 spiro atoms. The SMILES string of the molecule is O=P(O)(O)CN(CP(=O)(O)O)[C@H]1CC[C@@H](N=C=S)C[C@@H]1N(CP(=O)(O)O)CP(=O)(O)O. The second-order valence-electron chi connectivity index (χ2n) is 7.22. The van der Waals surface area contributed by atoms with Gasteiger partial charge in [0.1, 0.15) is 25.1 Å². The minimum Gasteiger partial charge on any atom is -0.324 e. The van der Waals surface area contributed by atoms with Crippen molar-refractivity contribution in [1.82, 2.24) is 9.80 Å². The predicted octanol–water partition coefficient (Wildman–Crippen LogP) is -0.476. The molecule has 0 bridgehead atoms. The first-order chi connectivity index (χ1) is 13.8. The van der Waals surface area contributed by atoms with Crippen LogP contribution in [0.25, 0.3) is 0 Å². The molecule has 15 nitrogen and oxygen atoms in total. The van der Waals surface area contributed by atoms with Crippen molar-refractivity contribution in [2.75, 3.05) is 25.1 Å². The summed E-state index contributed by atoms with van der Waals surface area (Å²) in [5.41, 5.74) is 0. The van der Waals surface area contributed by atoms with E-state index in [4.69, 9.17) is 0 Å². The highest BCUT2D eigenvalue weighted by atomic mass is 32.1. The molecule has 182 valence electrons. The van der Waals surface area contributed by atoms with Crippen LogP contribution in [-0.4, -0.2) is 97.4 Å². The molecule has 0 saturated heterocycles. The normalized spacial score (nSPS) is 23.7. The molecule has 0 heterocycles. The minimum atomic E-state index is -4.86. The summed E-state index contributed by atoms with van der Waals surface area (Å²) >= 11 is 4.54. The molecule has 0 amide bonds.